The largest absolute Gasteiger partial charge is 0.478 e. The van der Waals surface area contributed by atoms with E-state index in [9.17, 15) is 13.6 Å². The highest BCUT2D eigenvalue weighted by Gasteiger charge is 2.16. The molecule has 5 nitrogen and oxygen atoms in total. The molecule has 0 aliphatic heterocycles. The van der Waals surface area contributed by atoms with E-state index in [1.807, 2.05) is 33.8 Å². The minimum absolute atomic E-state index is 0.0492. The smallest absolute Gasteiger partial charge is 0.319 e. The second-order valence-corrected chi connectivity index (χ2v) is 7.68. The van der Waals surface area contributed by atoms with Crippen LogP contribution in [0.2, 0.25) is 0 Å². The number of ether oxygens (including phenoxy) is 1. The van der Waals surface area contributed by atoms with Crippen LogP contribution in [0.5, 0.6) is 5.88 Å². The molecule has 0 atom stereocenters. The minimum Gasteiger partial charge on any atom is -0.478 e. The second kappa shape index (κ2) is 12.2. The van der Waals surface area contributed by atoms with Crippen molar-refractivity contribution < 1.29 is 18.3 Å². The summed E-state index contributed by atoms with van der Waals surface area (Å²) in [6.45, 7) is 13.3. The van der Waals surface area contributed by atoms with Gasteiger partial charge in [-0.05, 0) is 75.4 Å². The zero-order valence-corrected chi connectivity index (χ0v) is 19.7. The first kappa shape index (κ1) is 26.3. The van der Waals surface area contributed by atoms with Gasteiger partial charge < -0.3 is 15.4 Å². The normalized spacial score (nSPS) is 10.7. The molecule has 1 aromatic carbocycles. The van der Waals surface area contributed by atoms with Crippen molar-refractivity contribution in [3.8, 4) is 17.0 Å². The van der Waals surface area contributed by atoms with Gasteiger partial charge in [-0.1, -0.05) is 20.8 Å². The quantitative estimate of drug-likeness (QED) is 0.492. The third-order valence-corrected chi connectivity index (χ3v) is 4.26. The van der Waals surface area contributed by atoms with Crippen molar-refractivity contribution in [2.24, 2.45) is 0 Å². The number of hydrogen-bond acceptors (Lipinski definition) is 3. The van der Waals surface area contributed by atoms with Crippen molar-refractivity contribution in [2.45, 2.75) is 67.0 Å². The molecule has 0 spiro atoms. The maximum atomic E-state index is 14.4. The van der Waals surface area contributed by atoms with Crippen LogP contribution in [-0.4, -0.2) is 29.8 Å². The van der Waals surface area contributed by atoms with Crippen LogP contribution < -0.4 is 15.4 Å². The van der Waals surface area contributed by atoms with Crippen LogP contribution in [0.4, 0.5) is 19.3 Å². The molecule has 172 valence electrons. The summed E-state index contributed by atoms with van der Waals surface area (Å²) in [5.74, 6) is -0.0351. The van der Waals surface area contributed by atoms with Crippen LogP contribution in [0.15, 0.2) is 24.3 Å². The number of aromatic nitrogens is 1. The number of rotatable bonds is 8. The summed E-state index contributed by atoms with van der Waals surface area (Å²) in [5, 5.41) is 5.05. The second-order valence-electron chi connectivity index (χ2n) is 7.68. The number of anilines is 1. The molecule has 0 unspecified atom stereocenters. The number of carbonyl (C=O) groups is 1. The SMILES string of the molecule is CC.CCCOc1cc(-c2cc(NC(=O)NCCC(C)(C)F)c(F)cc2C)cc(C)n1. The van der Waals surface area contributed by atoms with E-state index >= 15 is 0 Å². The van der Waals surface area contributed by atoms with E-state index < -0.39 is 17.5 Å². The minimum atomic E-state index is -1.38. The van der Waals surface area contributed by atoms with Crippen molar-refractivity contribution in [1.29, 1.82) is 0 Å². The predicted octanol–water partition coefficient (Wildman–Crippen LogP) is 6.58. The third kappa shape index (κ3) is 8.90. The van der Waals surface area contributed by atoms with E-state index in [1.54, 1.807) is 19.1 Å². The average Bonchev–Trinajstić information content (AvgIpc) is 2.68. The van der Waals surface area contributed by atoms with Crippen molar-refractivity contribution in [1.82, 2.24) is 10.3 Å². The maximum Gasteiger partial charge on any atom is 0.319 e. The molecule has 2 rings (SSSR count). The van der Waals surface area contributed by atoms with Crippen LogP contribution in [0, 0.1) is 19.7 Å². The lowest BCUT2D eigenvalue weighted by Gasteiger charge is -2.16. The topological polar surface area (TPSA) is 63.2 Å². The van der Waals surface area contributed by atoms with Gasteiger partial charge >= 0.3 is 6.03 Å². The molecule has 31 heavy (non-hydrogen) atoms. The zero-order chi connectivity index (χ0) is 23.6. The van der Waals surface area contributed by atoms with Gasteiger partial charge in [0.05, 0.1) is 12.3 Å². The molecule has 1 heterocycles. The molecule has 0 saturated heterocycles. The predicted molar refractivity (Wildman–Crippen MR) is 123 cm³/mol. The van der Waals surface area contributed by atoms with E-state index in [4.69, 9.17) is 4.74 Å². The monoisotopic (exact) mass is 435 g/mol. The van der Waals surface area contributed by atoms with Gasteiger partial charge in [-0.25, -0.2) is 18.6 Å². The standard InChI is InChI=1S/C22H29F2N3O2.C2H6/c1-6-9-29-20-12-16(11-15(3)26-20)17-13-19(18(23)10-14(17)2)27-21(28)25-8-7-22(4,5)24;1-2/h10-13H,6-9H2,1-5H3,(H2,25,27,28);1-2H3. The number of halogens is 2. The van der Waals surface area contributed by atoms with Crippen molar-refractivity contribution in [3.63, 3.8) is 0 Å². The van der Waals surface area contributed by atoms with E-state index in [0.717, 1.165) is 28.8 Å². The summed E-state index contributed by atoms with van der Waals surface area (Å²) < 4.78 is 33.5. The Morgan fingerprint density at radius 1 is 1.16 bits per heavy atom. The first-order valence-electron chi connectivity index (χ1n) is 10.7. The summed E-state index contributed by atoms with van der Waals surface area (Å²) in [5.41, 5.74) is 1.75. The van der Waals surface area contributed by atoms with E-state index in [2.05, 4.69) is 15.6 Å². The van der Waals surface area contributed by atoms with E-state index in [-0.39, 0.29) is 18.7 Å². The Hall–Kier alpha value is -2.70. The number of nitrogens with one attached hydrogen (secondary N) is 2. The van der Waals surface area contributed by atoms with Gasteiger partial charge in [0.1, 0.15) is 11.5 Å². The molecule has 2 N–H and O–H groups in total. The van der Waals surface area contributed by atoms with E-state index in [1.165, 1.54) is 19.9 Å². The van der Waals surface area contributed by atoms with Gasteiger partial charge in [-0.15, -0.1) is 0 Å². The Kier molecular flexibility index (Phi) is 10.4. The summed E-state index contributed by atoms with van der Waals surface area (Å²) in [6, 6.07) is 6.06. The Balaban J connectivity index is 0.00000233. The number of urea groups is 1. The zero-order valence-electron chi connectivity index (χ0n) is 19.7. The van der Waals surface area contributed by atoms with Gasteiger partial charge in [-0.3, -0.25) is 0 Å². The van der Waals surface area contributed by atoms with Gasteiger partial charge in [0.2, 0.25) is 5.88 Å². The molecule has 0 bridgehead atoms. The fraction of sp³-hybridized carbons (Fsp3) is 0.500. The van der Waals surface area contributed by atoms with Gasteiger partial charge in [-0.2, -0.15) is 0 Å². The molecule has 7 heteroatoms. The fourth-order valence-corrected chi connectivity index (χ4v) is 2.79. The van der Waals surface area contributed by atoms with Crippen LogP contribution >= 0.6 is 0 Å². The summed E-state index contributed by atoms with van der Waals surface area (Å²) in [4.78, 5) is 16.4. The average molecular weight is 436 g/mol. The van der Waals surface area contributed by atoms with Crippen LogP contribution in [0.1, 0.15) is 58.7 Å². The lowest BCUT2D eigenvalue weighted by Crippen LogP contribution is -2.32. The van der Waals surface area contributed by atoms with Gasteiger partial charge in [0.25, 0.3) is 0 Å². The first-order valence-corrected chi connectivity index (χ1v) is 10.7. The Bertz CT molecular complexity index is 865. The summed E-state index contributed by atoms with van der Waals surface area (Å²) in [7, 11) is 0. The Labute approximate surface area is 184 Å². The van der Waals surface area contributed by atoms with Crippen molar-refractivity contribution in [2.75, 3.05) is 18.5 Å². The Morgan fingerprint density at radius 2 is 1.84 bits per heavy atom. The van der Waals surface area contributed by atoms with Crippen molar-refractivity contribution >= 4 is 11.7 Å². The molecule has 0 fully saturated rings. The highest BCUT2D eigenvalue weighted by Crippen LogP contribution is 2.31. The molecule has 0 radical (unpaired) electrons. The number of nitrogens with zero attached hydrogens (tertiary/aromatic N) is 1. The molecule has 1 aromatic heterocycles. The summed E-state index contributed by atoms with van der Waals surface area (Å²) in [6.07, 6.45) is 1.03. The number of aryl methyl sites for hydroxylation is 2. The number of alkyl halides is 1. The number of hydrogen-bond donors (Lipinski definition) is 2. The van der Waals surface area contributed by atoms with Gasteiger partial charge in [0.15, 0.2) is 0 Å². The van der Waals surface area contributed by atoms with Crippen molar-refractivity contribution in [3.05, 3.63) is 41.3 Å². The van der Waals surface area contributed by atoms with Crippen LogP contribution in [-0.2, 0) is 0 Å². The molecule has 0 aliphatic carbocycles. The molecular formula is C24H35F2N3O2. The van der Waals surface area contributed by atoms with Crippen LogP contribution in [0.25, 0.3) is 11.1 Å². The highest BCUT2D eigenvalue weighted by molar-refractivity contribution is 5.90. The molecule has 2 aromatic rings. The molecule has 0 saturated carbocycles. The Morgan fingerprint density at radius 3 is 2.45 bits per heavy atom. The van der Waals surface area contributed by atoms with E-state index in [0.29, 0.717) is 12.5 Å². The molecule has 0 aliphatic rings. The fourth-order valence-electron chi connectivity index (χ4n) is 2.79. The first-order chi connectivity index (χ1) is 14.6. The van der Waals surface area contributed by atoms with Gasteiger partial charge in [0, 0.05) is 18.3 Å². The number of amides is 2. The number of carbonyl (C=O) groups excluding carboxylic acids is 1. The maximum absolute atomic E-state index is 14.4. The number of pyridine rings is 1. The molecular weight excluding hydrogens is 400 g/mol. The lowest BCUT2D eigenvalue weighted by atomic mass is 9.99. The highest BCUT2D eigenvalue weighted by atomic mass is 19.1. The molecule has 2 amide bonds. The van der Waals surface area contributed by atoms with Crippen LogP contribution in [0.3, 0.4) is 0 Å². The number of benzene rings is 1. The third-order valence-electron chi connectivity index (χ3n) is 4.26. The lowest BCUT2D eigenvalue weighted by molar-refractivity contribution is 0.200. The summed E-state index contributed by atoms with van der Waals surface area (Å²) >= 11 is 0.